The highest BCUT2D eigenvalue weighted by molar-refractivity contribution is 6.00. The summed E-state index contributed by atoms with van der Waals surface area (Å²) in [6.45, 7) is 5.72. The van der Waals surface area contributed by atoms with Crippen molar-refractivity contribution < 1.29 is 19.1 Å². The molecule has 2 amide bonds. The fourth-order valence-electron chi connectivity index (χ4n) is 3.24. The molecule has 0 saturated carbocycles. The van der Waals surface area contributed by atoms with Crippen LogP contribution in [-0.2, 0) is 19.1 Å². The van der Waals surface area contributed by atoms with Gasteiger partial charge in [0.2, 0.25) is 5.91 Å². The molecule has 1 aliphatic rings. The van der Waals surface area contributed by atoms with E-state index in [2.05, 4.69) is 5.32 Å². The number of carbonyl (C=O) groups is 3. The summed E-state index contributed by atoms with van der Waals surface area (Å²) in [5, 5.41) is 2.75. The van der Waals surface area contributed by atoms with Gasteiger partial charge in [-0.1, -0.05) is 24.3 Å². The summed E-state index contributed by atoms with van der Waals surface area (Å²) < 4.78 is 5.16. The van der Waals surface area contributed by atoms with Crippen molar-refractivity contribution in [1.29, 1.82) is 0 Å². The predicted molar refractivity (Wildman–Crippen MR) is 107 cm³/mol. The first-order valence-corrected chi connectivity index (χ1v) is 9.25. The van der Waals surface area contributed by atoms with Gasteiger partial charge in [-0.25, -0.2) is 0 Å². The number of nitrogens with zero attached hydrogens (tertiary/aromatic N) is 1. The van der Waals surface area contributed by atoms with E-state index < -0.39 is 17.8 Å². The molecule has 2 aromatic rings. The van der Waals surface area contributed by atoms with Gasteiger partial charge < -0.3 is 15.0 Å². The van der Waals surface area contributed by atoms with Gasteiger partial charge in [-0.3, -0.25) is 14.4 Å². The molecule has 0 spiro atoms. The summed E-state index contributed by atoms with van der Waals surface area (Å²) in [6.07, 6.45) is 0.0887. The topological polar surface area (TPSA) is 75.7 Å². The normalized spacial score (nSPS) is 16.2. The van der Waals surface area contributed by atoms with E-state index in [0.717, 1.165) is 22.4 Å². The summed E-state index contributed by atoms with van der Waals surface area (Å²) in [5.41, 5.74) is 4.54. The van der Waals surface area contributed by atoms with Crippen molar-refractivity contribution in [2.24, 2.45) is 5.92 Å². The third-order valence-electron chi connectivity index (χ3n) is 5.00. The van der Waals surface area contributed by atoms with Crippen LogP contribution in [0.25, 0.3) is 0 Å². The molecule has 1 N–H and O–H groups in total. The highest BCUT2D eigenvalue weighted by atomic mass is 16.5. The number of carbonyl (C=O) groups excluding carboxylic acids is 3. The Morgan fingerprint density at radius 1 is 1.14 bits per heavy atom. The van der Waals surface area contributed by atoms with Crippen molar-refractivity contribution in [2.75, 3.05) is 23.4 Å². The molecule has 3 rings (SSSR count). The minimum absolute atomic E-state index is 0.0887. The first-order valence-electron chi connectivity index (χ1n) is 9.25. The third kappa shape index (κ3) is 4.39. The zero-order chi connectivity index (χ0) is 20.3. The van der Waals surface area contributed by atoms with E-state index in [4.69, 9.17) is 4.74 Å². The molecule has 146 valence electrons. The smallest absolute Gasteiger partial charge is 0.311 e. The van der Waals surface area contributed by atoms with Crippen LogP contribution in [0, 0.1) is 26.7 Å². The Morgan fingerprint density at radius 3 is 2.64 bits per heavy atom. The largest absolute Gasteiger partial charge is 0.455 e. The van der Waals surface area contributed by atoms with E-state index in [9.17, 15) is 14.4 Å². The second-order valence-electron chi connectivity index (χ2n) is 7.15. The van der Waals surface area contributed by atoms with E-state index in [1.165, 1.54) is 0 Å². The predicted octanol–water partition coefficient (Wildman–Crippen LogP) is 3.15. The monoisotopic (exact) mass is 380 g/mol. The van der Waals surface area contributed by atoms with E-state index in [0.29, 0.717) is 5.69 Å². The van der Waals surface area contributed by atoms with Crippen LogP contribution < -0.4 is 10.2 Å². The van der Waals surface area contributed by atoms with Crippen molar-refractivity contribution >= 4 is 29.2 Å². The van der Waals surface area contributed by atoms with Gasteiger partial charge in [0.05, 0.1) is 5.92 Å². The Balaban J connectivity index is 1.54. The number of aryl methyl sites for hydroxylation is 2. The van der Waals surface area contributed by atoms with Crippen molar-refractivity contribution in [3.63, 3.8) is 0 Å². The number of hydrogen-bond acceptors (Lipinski definition) is 4. The Hall–Kier alpha value is -3.15. The average Bonchev–Trinajstić information content (AvgIpc) is 3.05. The zero-order valence-electron chi connectivity index (χ0n) is 16.3. The molecule has 1 aliphatic heterocycles. The highest BCUT2D eigenvalue weighted by Gasteiger charge is 2.36. The molecule has 6 nitrogen and oxygen atoms in total. The second-order valence-corrected chi connectivity index (χ2v) is 7.15. The van der Waals surface area contributed by atoms with Crippen LogP contribution >= 0.6 is 0 Å². The maximum absolute atomic E-state index is 12.3. The number of hydrogen-bond donors (Lipinski definition) is 1. The number of benzene rings is 2. The van der Waals surface area contributed by atoms with Crippen molar-refractivity contribution in [1.82, 2.24) is 0 Å². The van der Waals surface area contributed by atoms with E-state index in [-0.39, 0.29) is 25.5 Å². The van der Waals surface area contributed by atoms with E-state index in [1.807, 2.05) is 57.2 Å². The first kappa shape index (κ1) is 19.6. The lowest BCUT2D eigenvalue weighted by molar-refractivity contribution is -0.151. The molecule has 1 atom stereocenters. The Kier molecular flexibility index (Phi) is 5.78. The van der Waals surface area contributed by atoms with Crippen LogP contribution in [0.5, 0.6) is 0 Å². The van der Waals surface area contributed by atoms with Gasteiger partial charge in [-0.05, 0) is 55.7 Å². The maximum Gasteiger partial charge on any atom is 0.311 e. The van der Waals surface area contributed by atoms with Gasteiger partial charge in [0.25, 0.3) is 5.91 Å². The van der Waals surface area contributed by atoms with Crippen molar-refractivity contribution in [3.8, 4) is 0 Å². The van der Waals surface area contributed by atoms with Gasteiger partial charge in [0, 0.05) is 24.3 Å². The minimum Gasteiger partial charge on any atom is -0.455 e. The lowest BCUT2D eigenvalue weighted by Gasteiger charge is -2.17. The third-order valence-corrected chi connectivity index (χ3v) is 5.00. The van der Waals surface area contributed by atoms with Gasteiger partial charge in [-0.15, -0.1) is 0 Å². The Labute approximate surface area is 164 Å². The first-order chi connectivity index (χ1) is 13.3. The van der Waals surface area contributed by atoms with Crippen molar-refractivity contribution in [2.45, 2.75) is 27.2 Å². The summed E-state index contributed by atoms with van der Waals surface area (Å²) in [7, 11) is 0. The highest BCUT2D eigenvalue weighted by Crippen LogP contribution is 2.26. The van der Waals surface area contributed by atoms with E-state index in [1.54, 1.807) is 11.0 Å². The summed E-state index contributed by atoms with van der Waals surface area (Å²) >= 11 is 0. The van der Waals surface area contributed by atoms with Crippen LogP contribution in [0.2, 0.25) is 0 Å². The fourth-order valence-corrected chi connectivity index (χ4v) is 3.24. The summed E-state index contributed by atoms with van der Waals surface area (Å²) in [6, 6.07) is 13.2. The number of nitrogens with one attached hydrogen (secondary N) is 1. The molecule has 0 aromatic heterocycles. The Bertz CT molecular complexity index is 923. The van der Waals surface area contributed by atoms with Crippen molar-refractivity contribution in [3.05, 3.63) is 59.2 Å². The Morgan fingerprint density at radius 2 is 1.89 bits per heavy atom. The van der Waals surface area contributed by atoms with Crippen LogP contribution in [-0.4, -0.2) is 30.9 Å². The van der Waals surface area contributed by atoms with Crippen LogP contribution in [0.1, 0.15) is 23.1 Å². The number of amides is 2. The molecule has 1 saturated heterocycles. The summed E-state index contributed by atoms with van der Waals surface area (Å²) in [5.74, 6) is -1.62. The lowest BCUT2D eigenvalue weighted by Crippen LogP contribution is -2.28. The number of esters is 1. The molecule has 0 aliphatic carbocycles. The molecule has 28 heavy (non-hydrogen) atoms. The molecular formula is C22H24N2O4. The quantitative estimate of drug-likeness (QED) is 0.809. The van der Waals surface area contributed by atoms with Gasteiger partial charge in [-0.2, -0.15) is 0 Å². The number of rotatable bonds is 5. The number of ether oxygens (including phenoxy) is 1. The van der Waals surface area contributed by atoms with E-state index >= 15 is 0 Å². The standard InChI is InChI=1S/C22H24N2O4/c1-14-6-4-8-18(10-14)24-12-17(11-21(24)26)22(27)28-13-20(25)23-19-9-5-7-15(2)16(19)3/h4-10,17H,11-13H2,1-3H3,(H,23,25)/t17-/m1/s1. The van der Waals surface area contributed by atoms with Gasteiger partial charge >= 0.3 is 5.97 Å². The molecule has 2 aromatic carbocycles. The second kappa shape index (κ2) is 8.25. The molecule has 6 heteroatoms. The van der Waals surface area contributed by atoms with Gasteiger partial charge in [0.1, 0.15) is 0 Å². The molecule has 1 fully saturated rings. The summed E-state index contributed by atoms with van der Waals surface area (Å²) in [4.78, 5) is 38.3. The number of anilines is 2. The zero-order valence-corrected chi connectivity index (χ0v) is 16.3. The minimum atomic E-state index is -0.568. The lowest BCUT2D eigenvalue weighted by atomic mass is 10.1. The fraction of sp³-hybridized carbons (Fsp3) is 0.318. The SMILES string of the molecule is Cc1cccc(N2C[C@H](C(=O)OCC(=O)Nc3cccc(C)c3C)CC2=O)c1. The van der Waals surface area contributed by atoms with Crippen LogP contribution in [0.4, 0.5) is 11.4 Å². The van der Waals surface area contributed by atoms with Gasteiger partial charge in [0.15, 0.2) is 6.61 Å². The molecule has 0 bridgehead atoms. The molecule has 0 radical (unpaired) electrons. The average molecular weight is 380 g/mol. The van der Waals surface area contributed by atoms with Crippen LogP contribution in [0.3, 0.4) is 0 Å². The molecule has 0 unspecified atom stereocenters. The molecule has 1 heterocycles. The molecular weight excluding hydrogens is 356 g/mol. The van der Waals surface area contributed by atoms with Crippen LogP contribution in [0.15, 0.2) is 42.5 Å². The maximum atomic E-state index is 12.3.